The minimum Gasteiger partial charge on any atom is -0.0871 e. The molecular weight excluding hydrogens is 288 g/mol. The predicted molar refractivity (Wildman–Crippen MR) is 106 cm³/mol. The molecule has 3 aromatic rings. The molecule has 0 aromatic heterocycles. The average molecular weight is 310 g/mol. The Balaban J connectivity index is 1.93. The van der Waals surface area contributed by atoms with Gasteiger partial charge in [0, 0.05) is 0 Å². The van der Waals surface area contributed by atoms with E-state index in [9.17, 15) is 0 Å². The molecule has 0 aliphatic carbocycles. The number of allylic oxidation sites excluding steroid dienone is 4. The zero-order valence-corrected chi connectivity index (χ0v) is 14.2. The second kappa shape index (κ2) is 7.61. The van der Waals surface area contributed by atoms with Gasteiger partial charge < -0.3 is 0 Å². The lowest BCUT2D eigenvalue weighted by molar-refractivity contribution is 1.55. The van der Waals surface area contributed by atoms with Crippen molar-refractivity contribution < 1.29 is 0 Å². The van der Waals surface area contributed by atoms with Gasteiger partial charge in [0.15, 0.2) is 0 Å². The van der Waals surface area contributed by atoms with Crippen LogP contribution in [0.4, 0.5) is 0 Å². The van der Waals surface area contributed by atoms with Crippen LogP contribution in [-0.2, 0) is 0 Å². The van der Waals surface area contributed by atoms with Gasteiger partial charge in [-0.25, -0.2) is 0 Å². The summed E-state index contributed by atoms with van der Waals surface area (Å²) in [5.41, 5.74) is 7.49. The molecule has 0 aliphatic heterocycles. The first-order valence-corrected chi connectivity index (χ1v) is 8.37. The highest BCUT2D eigenvalue weighted by Gasteiger charge is 2.03. The Bertz CT molecular complexity index is 850. The maximum absolute atomic E-state index is 2.26. The van der Waals surface area contributed by atoms with Crippen LogP contribution in [-0.4, -0.2) is 0 Å². The molecule has 3 rings (SSSR count). The molecule has 0 saturated heterocycles. The lowest BCUT2D eigenvalue weighted by Crippen LogP contribution is -1.84. The van der Waals surface area contributed by atoms with E-state index in [1.54, 1.807) is 0 Å². The zero-order valence-electron chi connectivity index (χ0n) is 14.2. The summed E-state index contributed by atoms with van der Waals surface area (Å²) in [6.07, 6.45) is 6.36. The van der Waals surface area contributed by atoms with E-state index in [1.807, 2.05) is 6.92 Å². The van der Waals surface area contributed by atoms with Gasteiger partial charge in [0.05, 0.1) is 0 Å². The molecule has 0 radical (unpaired) electrons. The molecule has 0 heterocycles. The fraction of sp³-hybridized carbons (Fsp3) is 0.0833. The van der Waals surface area contributed by atoms with Gasteiger partial charge in [0.25, 0.3) is 0 Å². The Labute approximate surface area is 144 Å². The molecule has 118 valence electrons. The van der Waals surface area contributed by atoms with E-state index in [-0.39, 0.29) is 0 Å². The van der Waals surface area contributed by atoms with E-state index in [1.165, 1.54) is 33.4 Å². The van der Waals surface area contributed by atoms with Gasteiger partial charge in [-0.15, -0.1) is 0 Å². The molecule has 0 spiro atoms. The van der Waals surface area contributed by atoms with Crippen molar-refractivity contribution in [2.24, 2.45) is 0 Å². The molecule has 0 nitrogen and oxygen atoms in total. The van der Waals surface area contributed by atoms with Crippen molar-refractivity contribution in [3.63, 3.8) is 0 Å². The molecule has 0 unspecified atom stereocenters. The third-order valence-electron chi connectivity index (χ3n) is 4.18. The fourth-order valence-electron chi connectivity index (χ4n) is 2.90. The Kier molecular flexibility index (Phi) is 5.08. The predicted octanol–water partition coefficient (Wildman–Crippen LogP) is 7.00. The third-order valence-corrected chi connectivity index (χ3v) is 4.18. The van der Waals surface area contributed by atoms with Gasteiger partial charge in [-0.1, -0.05) is 91.0 Å². The summed E-state index contributed by atoms with van der Waals surface area (Å²) in [5, 5.41) is 0. The molecule has 0 amide bonds. The summed E-state index contributed by atoms with van der Waals surface area (Å²) in [4.78, 5) is 0. The molecule has 24 heavy (non-hydrogen) atoms. The van der Waals surface area contributed by atoms with Gasteiger partial charge in [-0.05, 0) is 53.3 Å². The van der Waals surface area contributed by atoms with Crippen molar-refractivity contribution >= 4 is 5.57 Å². The number of hydrogen-bond donors (Lipinski definition) is 0. The fourth-order valence-corrected chi connectivity index (χ4v) is 2.90. The van der Waals surface area contributed by atoms with Crippen molar-refractivity contribution in [1.82, 2.24) is 0 Å². The first-order chi connectivity index (χ1) is 11.8. The first-order valence-electron chi connectivity index (χ1n) is 8.37. The monoisotopic (exact) mass is 310 g/mol. The molecule has 0 bridgehead atoms. The van der Waals surface area contributed by atoms with Crippen molar-refractivity contribution in [3.05, 3.63) is 103 Å². The minimum atomic E-state index is 1.24. The normalized spacial score (nSPS) is 11.8. The van der Waals surface area contributed by atoms with Crippen LogP contribution in [0.25, 0.3) is 27.8 Å². The molecular formula is C24H22. The summed E-state index contributed by atoms with van der Waals surface area (Å²) in [7, 11) is 0. The smallest absolute Gasteiger partial charge is 0.0178 e. The summed E-state index contributed by atoms with van der Waals surface area (Å²) < 4.78 is 0. The molecule has 0 N–H and O–H groups in total. The molecule has 0 aliphatic rings. The van der Waals surface area contributed by atoms with Crippen molar-refractivity contribution in [1.29, 1.82) is 0 Å². The zero-order chi connectivity index (χ0) is 16.8. The molecule has 0 heteroatoms. The molecule has 0 fully saturated rings. The second-order valence-corrected chi connectivity index (χ2v) is 5.77. The van der Waals surface area contributed by atoms with Crippen LogP contribution in [0, 0.1) is 0 Å². The van der Waals surface area contributed by atoms with E-state index in [4.69, 9.17) is 0 Å². The van der Waals surface area contributed by atoms with Gasteiger partial charge >= 0.3 is 0 Å². The largest absolute Gasteiger partial charge is 0.0871 e. The van der Waals surface area contributed by atoms with Crippen molar-refractivity contribution in [2.45, 2.75) is 13.8 Å². The van der Waals surface area contributed by atoms with E-state index in [2.05, 4.69) is 104 Å². The van der Waals surface area contributed by atoms with E-state index in [0.29, 0.717) is 0 Å². The van der Waals surface area contributed by atoms with Gasteiger partial charge in [-0.3, -0.25) is 0 Å². The quantitative estimate of drug-likeness (QED) is 0.455. The Morgan fingerprint density at radius 1 is 0.625 bits per heavy atom. The molecule has 0 saturated carbocycles. The minimum absolute atomic E-state index is 1.24. The Hall–Kier alpha value is -2.86. The number of benzene rings is 3. The standard InChI is InChI=1S/C24H22/c1-3-9-19(4-2)21-14-16-22(17-15-21)24-13-8-12-23(18-24)20-10-6-5-7-11-20/h3-18H,1-2H3/b9-3-,19-4+. The summed E-state index contributed by atoms with van der Waals surface area (Å²) >= 11 is 0. The van der Waals surface area contributed by atoms with E-state index >= 15 is 0 Å². The summed E-state index contributed by atoms with van der Waals surface area (Å²) in [6, 6.07) is 28.0. The van der Waals surface area contributed by atoms with Crippen molar-refractivity contribution in [3.8, 4) is 22.3 Å². The summed E-state index contributed by atoms with van der Waals surface area (Å²) in [5.74, 6) is 0. The van der Waals surface area contributed by atoms with Gasteiger partial charge in [0.1, 0.15) is 0 Å². The highest BCUT2D eigenvalue weighted by molar-refractivity contribution is 5.77. The van der Waals surface area contributed by atoms with Crippen LogP contribution in [0.15, 0.2) is 97.1 Å². The molecule has 3 aromatic carbocycles. The topological polar surface area (TPSA) is 0 Å². The highest BCUT2D eigenvalue weighted by atomic mass is 14.1. The SMILES string of the molecule is C/C=C\C(=C/C)c1ccc(-c2cccc(-c3ccccc3)c2)cc1. The van der Waals surface area contributed by atoms with Crippen LogP contribution in [0.3, 0.4) is 0 Å². The number of rotatable bonds is 4. The van der Waals surface area contributed by atoms with E-state index in [0.717, 1.165) is 0 Å². The maximum Gasteiger partial charge on any atom is -0.0178 e. The maximum atomic E-state index is 2.26. The average Bonchev–Trinajstić information content (AvgIpc) is 2.67. The van der Waals surface area contributed by atoms with Crippen LogP contribution in [0.1, 0.15) is 19.4 Å². The van der Waals surface area contributed by atoms with Gasteiger partial charge in [0.2, 0.25) is 0 Å². The molecule has 0 atom stereocenters. The first kappa shape index (κ1) is 16.0. The summed E-state index contributed by atoms with van der Waals surface area (Å²) in [6.45, 7) is 4.12. The van der Waals surface area contributed by atoms with Gasteiger partial charge in [-0.2, -0.15) is 0 Å². The number of hydrogen-bond acceptors (Lipinski definition) is 0. The highest BCUT2D eigenvalue weighted by Crippen LogP contribution is 2.27. The Morgan fingerprint density at radius 3 is 1.79 bits per heavy atom. The van der Waals surface area contributed by atoms with Crippen LogP contribution in [0.2, 0.25) is 0 Å². The van der Waals surface area contributed by atoms with Crippen LogP contribution in [0.5, 0.6) is 0 Å². The van der Waals surface area contributed by atoms with E-state index < -0.39 is 0 Å². The second-order valence-electron chi connectivity index (χ2n) is 5.77. The Morgan fingerprint density at radius 2 is 1.21 bits per heavy atom. The lowest BCUT2D eigenvalue weighted by atomic mass is 9.97. The van der Waals surface area contributed by atoms with Crippen LogP contribution < -0.4 is 0 Å². The lowest BCUT2D eigenvalue weighted by Gasteiger charge is -2.08. The third kappa shape index (κ3) is 3.55. The van der Waals surface area contributed by atoms with Crippen molar-refractivity contribution in [2.75, 3.05) is 0 Å². The van der Waals surface area contributed by atoms with Crippen LogP contribution >= 0.6 is 0 Å².